The van der Waals surface area contributed by atoms with Crippen molar-refractivity contribution in [3.63, 3.8) is 0 Å². The van der Waals surface area contributed by atoms with Crippen molar-refractivity contribution >= 4 is 28.6 Å². The van der Waals surface area contributed by atoms with Crippen LogP contribution in [-0.4, -0.2) is 66.8 Å². The lowest BCUT2D eigenvalue weighted by atomic mass is 10.0. The van der Waals surface area contributed by atoms with Crippen LogP contribution in [0, 0.1) is 6.92 Å². The Morgan fingerprint density at radius 1 is 1.00 bits per heavy atom. The maximum atomic E-state index is 10.7. The number of nitrogen functional groups attached to an aromatic ring is 1. The first-order valence-corrected chi connectivity index (χ1v) is 10.9. The number of nitrogens with two attached hydrogens (primary N) is 1. The Hall–Kier alpha value is -3.57. The number of nitrogens with zero attached hydrogens (tertiary/aromatic N) is 5. The van der Waals surface area contributed by atoms with Crippen LogP contribution in [0.5, 0.6) is 0 Å². The Kier molecular flexibility index (Phi) is 5.66. The highest BCUT2D eigenvalue weighted by Crippen LogP contribution is 2.38. The van der Waals surface area contributed by atoms with E-state index in [-0.39, 0.29) is 5.82 Å². The molecule has 1 saturated heterocycles. The van der Waals surface area contributed by atoms with E-state index in [1.807, 2.05) is 36.2 Å². The van der Waals surface area contributed by atoms with Gasteiger partial charge >= 0.3 is 0 Å². The summed E-state index contributed by atoms with van der Waals surface area (Å²) in [6.45, 7) is 1.61. The van der Waals surface area contributed by atoms with Gasteiger partial charge in [-0.05, 0) is 30.2 Å². The van der Waals surface area contributed by atoms with Gasteiger partial charge in [-0.3, -0.25) is 4.57 Å². The molecule has 5 rings (SSSR count). The summed E-state index contributed by atoms with van der Waals surface area (Å²) in [6, 6.07) is 16.3. The molecular weight excluding hydrogens is 436 g/mol. The zero-order valence-electron chi connectivity index (χ0n) is 18.8. The molecule has 4 atom stereocenters. The number of fused-ring (bicyclic) bond motifs is 1. The zero-order valence-corrected chi connectivity index (χ0v) is 18.8. The van der Waals surface area contributed by atoms with Crippen molar-refractivity contribution in [2.45, 2.75) is 31.5 Å². The number of hydrogen-bond donors (Lipinski definition) is 4. The predicted octanol–water partition coefficient (Wildman–Crippen LogP) is 1.76. The van der Waals surface area contributed by atoms with Crippen LogP contribution >= 0.6 is 0 Å². The van der Waals surface area contributed by atoms with Crippen LogP contribution in [0.4, 0.5) is 17.5 Å². The molecule has 0 saturated carbocycles. The van der Waals surface area contributed by atoms with E-state index in [0.717, 1.165) is 16.8 Å². The maximum Gasteiger partial charge on any atom is 0.214 e. The predicted molar refractivity (Wildman–Crippen MR) is 127 cm³/mol. The van der Waals surface area contributed by atoms with Crippen molar-refractivity contribution in [2.75, 3.05) is 24.3 Å². The van der Waals surface area contributed by atoms with Crippen LogP contribution in [0.25, 0.3) is 22.3 Å². The minimum atomic E-state index is -1.30. The number of imidazole rings is 1. The lowest BCUT2D eigenvalue weighted by Crippen LogP contribution is -2.33. The van der Waals surface area contributed by atoms with Crippen LogP contribution in [0.15, 0.2) is 54.9 Å². The number of aryl methyl sites for hydroxylation is 1. The number of rotatable bonds is 5. The molecule has 34 heavy (non-hydrogen) atoms. The third-order valence-electron chi connectivity index (χ3n) is 6.20. The highest BCUT2D eigenvalue weighted by molar-refractivity contribution is 5.85. The third-order valence-corrected chi connectivity index (χ3v) is 6.20. The second-order valence-electron chi connectivity index (χ2n) is 8.41. The molecule has 0 amide bonds. The first kappa shape index (κ1) is 22.2. The van der Waals surface area contributed by atoms with Gasteiger partial charge < -0.3 is 30.7 Å². The number of benzene rings is 2. The molecule has 5 N–H and O–H groups in total. The lowest BCUT2D eigenvalue weighted by molar-refractivity contribution is -0.0503. The molecule has 0 aliphatic carbocycles. The summed E-state index contributed by atoms with van der Waals surface area (Å²) in [5.74, 6) is 0.569. The quantitative estimate of drug-likeness (QED) is 0.349. The SMILES string of the molecule is Cc1ccc(-c2ccc(N(C)c3nc4c(N)ncnc4n3[C@@H]3O[C@H](CO)[C@@H](O)[C@H]3O)cc2)cc1. The lowest BCUT2D eigenvalue weighted by Gasteiger charge is -2.24. The maximum absolute atomic E-state index is 10.7. The molecule has 4 aromatic rings. The monoisotopic (exact) mass is 462 g/mol. The van der Waals surface area contributed by atoms with Crippen molar-refractivity contribution in [1.82, 2.24) is 19.5 Å². The molecule has 1 aliphatic rings. The number of ether oxygens (including phenoxy) is 1. The molecule has 1 fully saturated rings. The van der Waals surface area contributed by atoms with Gasteiger partial charge in [-0.15, -0.1) is 0 Å². The van der Waals surface area contributed by atoms with E-state index in [1.54, 1.807) is 4.57 Å². The van der Waals surface area contributed by atoms with Gasteiger partial charge in [0.25, 0.3) is 0 Å². The smallest absolute Gasteiger partial charge is 0.214 e. The standard InChI is InChI=1S/C24H26N6O4/c1-13-3-5-14(6-4-13)15-7-9-16(10-8-15)29(2)24-28-18-21(25)26-12-27-22(18)30(24)23-20(33)19(32)17(11-31)34-23/h3-10,12,17,19-20,23,31-33H,11H2,1-2H3,(H2,25,26,27)/t17-,19-,20-,23-/m1/s1. The molecule has 0 unspecified atom stereocenters. The molecular formula is C24H26N6O4. The Labute approximate surface area is 195 Å². The van der Waals surface area contributed by atoms with Crippen molar-refractivity contribution in [3.05, 3.63) is 60.4 Å². The van der Waals surface area contributed by atoms with Gasteiger partial charge in [0, 0.05) is 12.7 Å². The second-order valence-corrected chi connectivity index (χ2v) is 8.41. The molecule has 3 heterocycles. The first-order valence-electron chi connectivity index (χ1n) is 10.9. The Bertz CT molecular complexity index is 1310. The molecule has 0 bridgehead atoms. The fraction of sp³-hybridized carbons (Fsp3) is 0.292. The van der Waals surface area contributed by atoms with E-state index in [4.69, 9.17) is 10.5 Å². The van der Waals surface area contributed by atoms with E-state index in [0.29, 0.717) is 17.1 Å². The third kappa shape index (κ3) is 3.66. The van der Waals surface area contributed by atoms with Gasteiger partial charge in [0.15, 0.2) is 23.2 Å². The zero-order chi connectivity index (χ0) is 24.0. The molecule has 10 nitrogen and oxygen atoms in total. The van der Waals surface area contributed by atoms with Crippen molar-refractivity contribution in [2.24, 2.45) is 0 Å². The fourth-order valence-electron chi connectivity index (χ4n) is 4.22. The Morgan fingerprint density at radius 2 is 1.65 bits per heavy atom. The summed E-state index contributed by atoms with van der Waals surface area (Å²) in [7, 11) is 1.82. The Balaban J connectivity index is 1.56. The van der Waals surface area contributed by atoms with Gasteiger partial charge in [-0.2, -0.15) is 0 Å². The molecule has 2 aromatic carbocycles. The summed E-state index contributed by atoms with van der Waals surface area (Å²) in [5.41, 5.74) is 11.0. The van der Waals surface area contributed by atoms with Crippen molar-refractivity contribution in [1.29, 1.82) is 0 Å². The van der Waals surface area contributed by atoms with E-state index in [9.17, 15) is 15.3 Å². The number of hydrogen-bond acceptors (Lipinski definition) is 9. The fourth-order valence-corrected chi connectivity index (χ4v) is 4.22. The number of aromatic nitrogens is 4. The summed E-state index contributed by atoms with van der Waals surface area (Å²) in [6.07, 6.45) is -3.24. The Morgan fingerprint density at radius 3 is 2.26 bits per heavy atom. The average Bonchev–Trinajstić information content (AvgIpc) is 3.37. The molecule has 10 heteroatoms. The van der Waals surface area contributed by atoms with Crippen LogP contribution in [-0.2, 0) is 4.74 Å². The highest BCUT2D eigenvalue weighted by Gasteiger charge is 2.45. The molecule has 2 aromatic heterocycles. The molecule has 0 radical (unpaired) electrons. The molecule has 0 spiro atoms. The van der Waals surface area contributed by atoms with Crippen LogP contribution in [0.2, 0.25) is 0 Å². The molecule has 176 valence electrons. The van der Waals surface area contributed by atoms with Crippen LogP contribution in [0.1, 0.15) is 11.8 Å². The van der Waals surface area contributed by atoms with Crippen LogP contribution < -0.4 is 10.6 Å². The minimum Gasteiger partial charge on any atom is -0.394 e. The topological polar surface area (TPSA) is 143 Å². The summed E-state index contributed by atoms with van der Waals surface area (Å²) in [4.78, 5) is 14.8. The van der Waals surface area contributed by atoms with Crippen molar-refractivity contribution in [3.8, 4) is 11.1 Å². The summed E-state index contributed by atoms with van der Waals surface area (Å²) in [5, 5.41) is 30.5. The van der Waals surface area contributed by atoms with Crippen molar-refractivity contribution < 1.29 is 20.1 Å². The van der Waals surface area contributed by atoms with Gasteiger partial charge in [-0.1, -0.05) is 42.0 Å². The van der Waals surface area contributed by atoms with Gasteiger partial charge in [0.1, 0.15) is 24.6 Å². The minimum absolute atomic E-state index is 0.180. The van der Waals surface area contributed by atoms with E-state index < -0.39 is 31.1 Å². The average molecular weight is 463 g/mol. The summed E-state index contributed by atoms with van der Waals surface area (Å²) >= 11 is 0. The molecule has 1 aliphatic heterocycles. The van der Waals surface area contributed by atoms with Crippen LogP contribution in [0.3, 0.4) is 0 Å². The number of anilines is 3. The van der Waals surface area contributed by atoms with Gasteiger partial charge in [0.05, 0.1) is 6.61 Å². The highest BCUT2D eigenvalue weighted by atomic mass is 16.6. The second kappa shape index (κ2) is 8.65. The number of aliphatic hydroxyl groups is 3. The van der Waals surface area contributed by atoms with E-state index in [2.05, 4.69) is 46.1 Å². The normalized spacial score (nSPS) is 22.4. The summed E-state index contributed by atoms with van der Waals surface area (Å²) < 4.78 is 7.36. The van der Waals surface area contributed by atoms with E-state index >= 15 is 0 Å². The van der Waals surface area contributed by atoms with E-state index in [1.165, 1.54) is 11.9 Å². The largest absolute Gasteiger partial charge is 0.394 e. The van der Waals surface area contributed by atoms with Gasteiger partial charge in [-0.25, -0.2) is 15.0 Å². The number of aliphatic hydroxyl groups excluding tert-OH is 3. The van der Waals surface area contributed by atoms with Gasteiger partial charge in [0.2, 0.25) is 5.95 Å². The first-order chi connectivity index (χ1) is 16.4.